The van der Waals surface area contributed by atoms with Crippen LogP contribution in [0.25, 0.3) is 10.9 Å². The van der Waals surface area contributed by atoms with Crippen LogP contribution in [-0.4, -0.2) is 28.5 Å². The van der Waals surface area contributed by atoms with Gasteiger partial charge in [0.25, 0.3) is 0 Å². The van der Waals surface area contributed by atoms with Gasteiger partial charge in [0.1, 0.15) is 6.54 Å². The lowest BCUT2D eigenvalue weighted by molar-refractivity contribution is -0.131. The summed E-state index contributed by atoms with van der Waals surface area (Å²) < 4.78 is 1.94. The molecule has 1 N–H and O–H groups in total. The van der Waals surface area contributed by atoms with Gasteiger partial charge in [0.15, 0.2) is 0 Å². The fraction of sp³-hybridized carbons (Fsp3) is 0.412. The van der Waals surface area contributed by atoms with Gasteiger partial charge < -0.3 is 14.9 Å². The minimum Gasteiger partial charge on any atom is -0.341 e. The van der Waals surface area contributed by atoms with Gasteiger partial charge in [0.2, 0.25) is 5.91 Å². The first-order chi connectivity index (χ1) is 10.2. The molecule has 0 radical (unpaired) electrons. The molecule has 5 heteroatoms. The van der Waals surface area contributed by atoms with Crippen LogP contribution in [0.2, 0.25) is 0 Å². The highest BCUT2D eigenvalue weighted by Crippen LogP contribution is 2.10. The van der Waals surface area contributed by atoms with E-state index in [9.17, 15) is 4.79 Å². The molecule has 1 aromatic carbocycles. The van der Waals surface area contributed by atoms with Crippen molar-refractivity contribution in [2.45, 2.75) is 33.2 Å². The van der Waals surface area contributed by atoms with Gasteiger partial charge in [-0.15, -0.1) is 12.4 Å². The minimum atomic E-state index is 0. The monoisotopic (exact) mass is 321 g/mol. The number of carbonyl (C=O) groups is 1. The Kier molecular flexibility index (Phi) is 7.12. The normalized spacial score (nSPS) is 10.3. The van der Waals surface area contributed by atoms with Gasteiger partial charge in [-0.05, 0) is 25.0 Å². The molecule has 0 aliphatic carbocycles. The molecule has 4 nitrogen and oxygen atoms in total. The SMILES string of the molecule is CCCN(CCC)C(=O)Cn1ccc(=N)c2ccccc21.Cl. The first kappa shape index (κ1) is 18.2. The third-order valence-electron chi connectivity index (χ3n) is 3.57. The van der Waals surface area contributed by atoms with Crippen LogP contribution in [-0.2, 0) is 11.3 Å². The predicted octanol–water partition coefficient (Wildman–Crippen LogP) is 3.19. The Morgan fingerprint density at radius 1 is 1.14 bits per heavy atom. The summed E-state index contributed by atoms with van der Waals surface area (Å²) in [6, 6.07) is 9.50. The summed E-state index contributed by atoms with van der Waals surface area (Å²) in [4.78, 5) is 14.4. The van der Waals surface area contributed by atoms with E-state index >= 15 is 0 Å². The molecule has 0 spiro atoms. The molecule has 0 saturated heterocycles. The fourth-order valence-electron chi connectivity index (χ4n) is 2.57. The lowest BCUT2D eigenvalue weighted by atomic mass is 10.2. The number of amides is 1. The second-order valence-corrected chi connectivity index (χ2v) is 5.26. The van der Waals surface area contributed by atoms with Crippen molar-refractivity contribution in [3.05, 3.63) is 41.9 Å². The highest BCUT2D eigenvalue weighted by atomic mass is 35.5. The molecule has 0 aliphatic heterocycles. The van der Waals surface area contributed by atoms with Crippen molar-refractivity contribution in [2.24, 2.45) is 0 Å². The number of hydrogen-bond acceptors (Lipinski definition) is 2. The Morgan fingerprint density at radius 2 is 1.77 bits per heavy atom. The van der Waals surface area contributed by atoms with Crippen LogP contribution in [0.3, 0.4) is 0 Å². The van der Waals surface area contributed by atoms with Crippen molar-refractivity contribution in [3.63, 3.8) is 0 Å². The number of aromatic nitrogens is 1. The topological polar surface area (TPSA) is 49.1 Å². The zero-order valence-electron chi connectivity index (χ0n) is 13.2. The van der Waals surface area contributed by atoms with Gasteiger partial charge in [0.05, 0.1) is 10.9 Å². The zero-order chi connectivity index (χ0) is 15.2. The molecule has 0 unspecified atom stereocenters. The number of nitrogens with one attached hydrogen (secondary N) is 1. The molecule has 1 heterocycles. The first-order valence-electron chi connectivity index (χ1n) is 7.58. The maximum atomic E-state index is 12.5. The second-order valence-electron chi connectivity index (χ2n) is 5.26. The van der Waals surface area contributed by atoms with Crippen LogP contribution in [0.1, 0.15) is 26.7 Å². The number of para-hydroxylation sites is 1. The summed E-state index contributed by atoms with van der Waals surface area (Å²) in [5, 5.41) is 9.32. The van der Waals surface area contributed by atoms with Gasteiger partial charge in [-0.25, -0.2) is 0 Å². The Hall–Kier alpha value is -1.81. The van der Waals surface area contributed by atoms with Crippen molar-refractivity contribution in [1.29, 1.82) is 5.41 Å². The number of nitrogens with zero attached hydrogens (tertiary/aromatic N) is 2. The van der Waals surface area contributed by atoms with Crippen LogP contribution < -0.4 is 5.36 Å². The Morgan fingerprint density at radius 3 is 2.41 bits per heavy atom. The van der Waals surface area contributed by atoms with Gasteiger partial charge in [-0.1, -0.05) is 32.0 Å². The fourth-order valence-corrected chi connectivity index (χ4v) is 2.57. The zero-order valence-corrected chi connectivity index (χ0v) is 14.0. The number of halogens is 1. The van der Waals surface area contributed by atoms with Crippen molar-refractivity contribution >= 4 is 29.2 Å². The van der Waals surface area contributed by atoms with E-state index in [4.69, 9.17) is 5.41 Å². The maximum absolute atomic E-state index is 12.5. The van der Waals surface area contributed by atoms with Crippen molar-refractivity contribution in [2.75, 3.05) is 13.1 Å². The third kappa shape index (κ3) is 4.10. The number of pyridine rings is 1. The van der Waals surface area contributed by atoms with E-state index in [0.717, 1.165) is 36.8 Å². The van der Waals surface area contributed by atoms with Gasteiger partial charge in [-0.3, -0.25) is 4.79 Å². The molecule has 22 heavy (non-hydrogen) atoms. The van der Waals surface area contributed by atoms with E-state index < -0.39 is 0 Å². The van der Waals surface area contributed by atoms with Crippen LogP contribution in [0.15, 0.2) is 36.5 Å². The summed E-state index contributed by atoms with van der Waals surface area (Å²) in [6.45, 7) is 6.13. The molecule has 0 fully saturated rings. The highest BCUT2D eigenvalue weighted by Gasteiger charge is 2.12. The summed E-state index contributed by atoms with van der Waals surface area (Å²) in [6.07, 6.45) is 3.78. The van der Waals surface area contributed by atoms with E-state index in [0.29, 0.717) is 11.9 Å². The number of fused-ring (bicyclic) bond motifs is 1. The molecule has 0 saturated carbocycles. The van der Waals surface area contributed by atoms with Gasteiger partial charge in [0, 0.05) is 24.7 Å². The molecular weight excluding hydrogens is 298 g/mol. The Balaban J connectivity index is 0.00000242. The average molecular weight is 322 g/mol. The largest absolute Gasteiger partial charge is 0.341 e. The smallest absolute Gasteiger partial charge is 0.242 e. The molecule has 120 valence electrons. The van der Waals surface area contributed by atoms with E-state index in [-0.39, 0.29) is 18.3 Å². The lowest BCUT2D eigenvalue weighted by Gasteiger charge is -2.22. The van der Waals surface area contributed by atoms with E-state index in [2.05, 4.69) is 13.8 Å². The van der Waals surface area contributed by atoms with Crippen LogP contribution in [0.5, 0.6) is 0 Å². The molecule has 1 amide bonds. The van der Waals surface area contributed by atoms with Crippen molar-refractivity contribution in [3.8, 4) is 0 Å². The number of hydrogen-bond donors (Lipinski definition) is 1. The predicted molar refractivity (Wildman–Crippen MR) is 92.2 cm³/mol. The van der Waals surface area contributed by atoms with E-state index in [1.54, 1.807) is 6.07 Å². The van der Waals surface area contributed by atoms with Crippen LogP contribution >= 0.6 is 12.4 Å². The van der Waals surface area contributed by atoms with Gasteiger partial charge >= 0.3 is 0 Å². The van der Waals surface area contributed by atoms with Crippen LogP contribution in [0.4, 0.5) is 0 Å². The van der Waals surface area contributed by atoms with Gasteiger partial charge in [-0.2, -0.15) is 0 Å². The molecule has 1 aromatic heterocycles. The molecule has 2 aromatic rings. The summed E-state index contributed by atoms with van der Waals surface area (Å²) in [7, 11) is 0. The third-order valence-corrected chi connectivity index (χ3v) is 3.57. The molecule has 0 bridgehead atoms. The summed E-state index contributed by atoms with van der Waals surface area (Å²) in [5.41, 5.74) is 0.936. The van der Waals surface area contributed by atoms with Crippen molar-refractivity contribution < 1.29 is 4.79 Å². The number of rotatable bonds is 6. The van der Waals surface area contributed by atoms with E-state index in [1.165, 1.54) is 0 Å². The standard InChI is InChI=1S/C17H23N3O.ClH/c1-3-10-19(11-4-2)17(21)13-20-12-9-15(18)14-7-5-6-8-16(14)20;/h5-9,12,18H,3-4,10-11,13H2,1-2H3;1H. The molecule has 2 rings (SSSR count). The molecule has 0 atom stereocenters. The summed E-state index contributed by atoms with van der Waals surface area (Å²) >= 11 is 0. The molecular formula is C17H24ClN3O. The Labute approximate surface area is 137 Å². The van der Waals surface area contributed by atoms with E-state index in [1.807, 2.05) is 39.9 Å². The average Bonchev–Trinajstić information content (AvgIpc) is 2.50. The summed E-state index contributed by atoms with van der Waals surface area (Å²) in [5.74, 6) is 0.145. The van der Waals surface area contributed by atoms with Crippen LogP contribution in [0, 0.1) is 5.41 Å². The lowest BCUT2D eigenvalue weighted by Crippen LogP contribution is -2.35. The maximum Gasteiger partial charge on any atom is 0.242 e. The highest BCUT2D eigenvalue weighted by molar-refractivity contribution is 5.85. The quantitative estimate of drug-likeness (QED) is 0.872. The minimum absolute atomic E-state index is 0. The van der Waals surface area contributed by atoms with Crippen molar-refractivity contribution in [1.82, 2.24) is 9.47 Å². The molecule has 0 aliphatic rings. The number of carbonyl (C=O) groups excluding carboxylic acids is 1. The first-order valence-corrected chi connectivity index (χ1v) is 7.58. The number of benzene rings is 1. The second kappa shape index (κ2) is 8.59. The Bertz CT molecular complexity index is 675.